The Balaban J connectivity index is 2.71. The van der Waals surface area contributed by atoms with Gasteiger partial charge in [-0.2, -0.15) is 0 Å². The molecule has 1 saturated heterocycles. The van der Waals surface area contributed by atoms with E-state index in [1.54, 1.807) is 0 Å². The highest BCUT2D eigenvalue weighted by Crippen LogP contribution is 2.47. The maximum atomic E-state index is 12.6. The number of nitrogens with zero attached hydrogens (tertiary/aromatic N) is 1. The van der Waals surface area contributed by atoms with Crippen molar-refractivity contribution in [2.75, 3.05) is 12.0 Å². The average molecular weight is 377 g/mol. The maximum Gasteiger partial charge on any atom is 0.333 e. The van der Waals surface area contributed by atoms with Crippen LogP contribution in [-0.4, -0.2) is 23.9 Å². The molecular formula is C16H16Cl3NO3. The summed E-state index contributed by atoms with van der Waals surface area (Å²) in [6.07, 6.45) is 0.429. The normalized spacial score (nSPS) is 20.9. The molecule has 0 aliphatic carbocycles. The van der Waals surface area contributed by atoms with Gasteiger partial charge in [-0.25, -0.2) is 4.79 Å². The lowest BCUT2D eigenvalue weighted by atomic mass is 10.0. The van der Waals surface area contributed by atoms with E-state index in [0.29, 0.717) is 12.1 Å². The summed E-state index contributed by atoms with van der Waals surface area (Å²) >= 11 is 18.4. The molecule has 0 saturated carbocycles. The van der Waals surface area contributed by atoms with Crippen molar-refractivity contribution >= 4 is 52.4 Å². The van der Waals surface area contributed by atoms with Crippen molar-refractivity contribution in [3.05, 3.63) is 39.5 Å². The Morgan fingerprint density at radius 1 is 1.39 bits per heavy atom. The lowest BCUT2D eigenvalue weighted by molar-refractivity contribution is -0.143. The number of rotatable bonds is 3. The third-order valence-corrected chi connectivity index (χ3v) is 4.68. The zero-order valence-electron chi connectivity index (χ0n) is 13.0. The molecule has 1 aromatic carbocycles. The average Bonchev–Trinajstić information content (AvgIpc) is 2.77. The fourth-order valence-electron chi connectivity index (χ4n) is 2.80. The molecule has 7 heteroatoms. The predicted molar refractivity (Wildman–Crippen MR) is 92.0 cm³/mol. The number of esters is 1. The molecule has 1 aliphatic rings. The van der Waals surface area contributed by atoms with E-state index in [9.17, 15) is 9.59 Å². The molecule has 1 heterocycles. The van der Waals surface area contributed by atoms with Crippen molar-refractivity contribution in [2.24, 2.45) is 0 Å². The summed E-state index contributed by atoms with van der Waals surface area (Å²) in [5, 5.41) is 0. The quantitative estimate of drug-likeness (QED) is 0.589. The molecule has 0 bridgehead atoms. The molecule has 1 aliphatic heterocycles. The molecule has 124 valence electrons. The number of para-hydroxylation sites is 1. The number of alkyl halides is 1. The number of hydrogen-bond acceptors (Lipinski definition) is 3. The highest BCUT2D eigenvalue weighted by molar-refractivity contribution is 6.58. The number of methoxy groups -OCH3 is 1. The Hall–Kier alpha value is -1.23. The van der Waals surface area contributed by atoms with Crippen LogP contribution in [-0.2, 0) is 20.7 Å². The Kier molecular flexibility index (Phi) is 5.29. The molecule has 1 fully saturated rings. The van der Waals surface area contributed by atoms with E-state index in [4.69, 9.17) is 39.5 Å². The first-order valence-corrected chi connectivity index (χ1v) is 8.15. The number of aryl methyl sites for hydroxylation is 2. The molecule has 0 N–H and O–H groups in total. The predicted octanol–water partition coefficient (Wildman–Crippen LogP) is 4.09. The summed E-state index contributed by atoms with van der Waals surface area (Å²) in [7, 11) is 1.20. The highest BCUT2D eigenvalue weighted by Gasteiger charge is 2.55. The van der Waals surface area contributed by atoms with Gasteiger partial charge in [0, 0.05) is 0 Å². The lowest BCUT2D eigenvalue weighted by Crippen LogP contribution is -2.36. The van der Waals surface area contributed by atoms with Gasteiger partial charge in [0.25, 0.3) is 0 Å². The van der Waals surface area contributed by atoms with Gasteiger partial charge in [0.05, 0.1) is 24.9 Å². The molecule has 1 unspecified atom stereocenters. The second-order valence-corrected chi connectivity index (χ2v) is 6.84. The molecule has 2 rings (SSSR count). The van der Waals surface area contributed by atoms with Crippen molar-refractivity contribution in [3.8, 4) is 0 Å². The van der Waals surface area contributed by atoms with Gasteiger partial charge in [0.15, 0.2) is 4.87 Å². The van der Waals surface area contributed by atoms with Crippen molar-refractivity contribution in [2.45, 2.75) is 31.6 Å². The number of benzene rings is 1. The Labute approximate surface area is 149 Å². The van der Waals surface area contributed by atoms with Gasteiger partial charge in [-0.3, -0.25) is 9.69 Å². The second kappa shape index (κ2) is 6.71. The van der Waals surface area contributed by atoms with E-state index in [2.05, 4.69) is 0 Å². The van der Waals surface area contributed by atoms with Gasteiger partial charge in [0.2, 0.25) is 5.91 Å². The van der Waals surface area contributed by atoms with E-state index in [-0.39, 0.29) is 22.5 Å². The van der Waals surface area contributed by atoms with Crippen LogP contribution in [0, 0.1) is 6.92 Å². The first-order chi connectivity index (χ1) is 10.8. The molecule has 0 aromatic heterocycles. The lowest BCUT2D eigenvalue weighted by Gasteiger charge is -2.27. The number of hydrogen-bond donors (Lipinski definition) is 0. The van der Waals surface area contributed by atoms with Crippen LogP contribution in [0.25, 0.3) is 0 Å². The summed E-state index contributed by atoms with van der Waals surface area (Å²) in [4.78, 5) is 24.4. The van der Waals surface area contributed by atoms with E-state index in [1.807, 2.05) is 32.0 Å². The van der Waals surface area contributed by atoms with E-state index >= 15 is 0 Å². The van der Waals surface area contributed by atoms with Crippen LogP contribution >= 0.6 is 34.8 Å². The van der Waals surface area contributed by atoms with Gasteiger partial charge in [-0.15, -0.1) is 0 Å². The highest BCUT2D eigenvalue weighted by atomic mass is 35.5. The fraction of sp³-hybridized carbons (Fsp3) is 0.375. The zero-order chi connectivity index (χ0) is 17.4. The van der Waals surface area contributed by atoms with Crippen molar-refractivity contribution < 1.29 is 14.3 Å². The minimum Gasteiger partial charge on any atom is -0.467 e. The summed E-state index contributed by atoms with van der Waals surface area (Å²) < 4.78 is 4.50. The third-order valence-electron chi connectivity index (χ3n) is 3.86. The first-order valence-electron chi connectivity index (χ1n) is 7.02. The number of anilines is 1. The fourth-order valence-corrected chi connectivity index (χ4v) is 3.76. The summed E-state index contributed by atoms with van der Waals surface area (Å²) in [6.45, 7) is 3.84. The molecule has 0 radical (unpaired) electrons. The molecule has 0 spiro atoms. The van der Waals surface area contributed by atoms with Crippen LogP contribution in [0.2, 0.25) is 0 Å². The number of carbonyl (C=O) groups excluding carboxylic acids is 2. The summed E-state index contributed by atoms with van der Waals surface area (Å²) in [5.41, 5.74) is 2.48. The van der Waals surface area contributed by atoms with Crippen molar-refractivity contribution in [1.82, 2.24) is 0 Å². The second-order valence-electron chi connectivity index (χ2n) is 5.24. The van der Waals surface area contributed by atoms with Gasteiger partial charge in [-0.1, -0.05) is 59.9 Å². The van der Waals surface area contributed by atoms with Crippen LogP contribution < -0.4 is 4.90 Å². The van der Waals surface area contributed by atoms with Crippen LogP contribution in [0.4, 0.5) is 5.69 Å². The minimum absolute atomic E-state index is 0.0448. The largest absolute Gasteiger partial charge is 0.467 e. The maximum absolute atomic E-state index is 12.6. The van der Waals surface area contributed by atoms with Gasteiger partial charge in [-0.05, 0) is 24.5 Å². The van der Waals surface area contributed by atoms with Crippen LogP contribution in [0.15, 0.2) is 28.4 Å². The van der Waals surface area contributed by atoms with Gasteiger partial charge >= 0.3 is 5.97 Å². The smallest absolute Gasteiger partial charge is 0.333 e. The number of carbonyl (C=O) groups is 2. The molecule has 1 amide bonds. The Morgan fingerprint density at radius 3 is 2.57 bits per heavy atom. The summed E-state index contributed by atoms with van der Waals surface area (Å²) in [5.74, 6) is -1.13. The molecular weight excluding hydrogens is 361 g/mol. The molecule has 23 heavy (non-hydrogen) atoms. The van der Waals surface area contributed by atoms with Crippen LogP contribution in [0.3, 0.4) is 0 Å². The number of halogens is 3. The molecule has 1 atom stereocenters. The van der Waals surface area contributed by atoms with Gasteiger partial charge in [0.1, 0.15) is 4.49 Å². The SMILES string of the molecule is CCc1cccc(C)c1N1C(=O)CC(Cl)(C(=O)OC)C1=C(Cl)Cl. The monoisotopic (exact) mass is 375 g/mol. The van der Waals surface area contributed by atoms with E-state index in [1.165, 1.54) is 12.0 Å². The van der Waals surface area contributed by atoms with Crippen LogP contribution in [0.1, 0.15) is 24.5 Å². The first kappa shape index (κ1) is 18.1. The van der Waals surface area contributed by atoms with E-state index in [0.717, 1.165) is 11.1 Å². The van der Waals surface area contributed by atoms with Crippen LogP contribution in [0.5, 0.6) is 0 Å². The summed E-state index contributed by atoms with van der Waals surface area (Å²) in [6, 6.07) is 5.67. The molecule has 4 nitrogen and oxygen atoms in total. The standard InChI is InChI=1S/C16H16Cl3NO3/c1-4-10-7-5-6-9(2)12(10)20-11(21)8-16(19,15(22)23-3)13(20)14(17)18/h5-7H,4,8H2,1-3H3. The van der Waals surface area contributed by atoms with Crippen molar-refractivity contribution in [3.63, 3.8) is 0 Å². The number of ether oxygens (including phenoxy) is 1. The third kappa shape index (κ3) is 2.95. The minimum atomic E-state index is -1.72. The van der Waals surface area contributed by atoms with Gasteiger partial charge < -0.3 is 4.74 Å². The molecule has 1 aromatic rings. The number of amides is 1. The van der Waals surface area contributed by atoms with E-state index < -0.39 is 10.8 Å². The zero-order valence-corrected chi connectivity index (χ0v) is 15.2. The Morgan fingerprint density at radius 2 is 2.04 bits per heavy atom. The topological polar surface area (TPSA) is 46.6 Å². The van der Waals surface area contributed by atoms with Crippen molar-refractivity contribution in [1.29, 1.82) is 0 Å². The Bertz CT molecular complexity index is 698.